The summed E-state index contributed by atoms with van der Waals surface area (Å²) in [7, 11) is 3.42. The Morgan fingerprint density at radius 2 is 1.82 bits per heavy atom. The van der Waals surface area contributed by atoms with Crippen LogP contribution in [-0.2, 0) is 11.2 Å². The molecular formula is C15H22Cl2N4O. The zero-order valence-electron chi connectivity index (χ0n) is 13.1. The number of hydrogen-bond donors (Lipinski definition) is 2. The number of aliphatic imine (C=N–C) groups is 1. The summed E-state index contributed by atoms with van der Waals surface area (Å²) in [6.45, 7) is 3.48. The molecule has 0 radical (unpaired) electrons. The maximum atomic E-state index is 11.6. The molecule has 1 amide bonds. The lowest BCUT2D eigenvalue weighted by molar-refractivity contribution is -0.127. The predicted octanol–water partition coefficient (Wildman–Crippen LogP) is 2.18. The van der Waals surface area contributed by atoms with Crippen molar-refractivity contribution in [1.29, 1.82) is 0 Å². The van der Waals surface area contributed by atoms with Crippen LogP contribution >= 0.6 is 23.2 Å². The van der Waals surface area contributed by atoms with Gasteiger partial charge in [-0.2, -0.15) is 0 Å². The summed E-state index contributed by atoms with van der Waals surface area (Å²) in [5.74, 6) is 0.574. The number of nitrogens with zero attached hydrogens (tertiary/aromatic N) is 2. The topological polar surface area (TPSA) is 56.7 Å². The van der Waals surface area contributed by atoms with Crippen molar-refractivity contribution < 1.29 is 4.79 Å². The number of guanidine groups is 1. The van der Waals surface area contributed by atoms with Crippen LogP contribution in [0.4, 0.5) is 0 Å². The summed E-state index contributed by atoms with van der Waals surface area (Å²) in [6, 6.07) is 5.47. The summed E-state index contributed by atoms with van der Waals surface area (Å²) in [5, 5.41) is 7.54. The molecule has 1 aromatic carbocycles. The van der Waals surface area contributed by atoms with E-state index in [1.165, 1.54) is 4.90 Å². The molecule has 0 aromatic heterocycles. The molecule has 2 N–H and O–H groups in total. The summed E-state index contributed by atoms with van der Waals surface area (Å²) < 4.78 is 0. The molecule has 0 aliphatic heterocycles. The highest BCUT2D eigenvalue weighted by atomic mass is 35.5. The molecule has 22 heavy (non-hydrogen) atoms. The van der Waals surface area contributed by atoms with Crippen LogP contribution in [-0.4, -0.2) is 50.5 Å². The van der Waals surface area contributed by atoms with Crippen molar-refractivity contribution in [2.75, 3.05) is 33.7 Å². The van der Waals surface area contributed by atoms with E-state index in [1.807, 2.05) is 19.1 Å². The number of halogens is 2. The van der Waals surface area contributed by atoms with E-state index in [-0.39, 0.29) is 12.5 Å². The van der Waals surface area contributed by atoms with Crippen LogP contribution in [0.15, 0.2) is 23.2 Å². The van der Waals surface area contributed by atoms with Crippen molar-refractivity contribution in [1.82, 2.24) is 15.5 Å². The third-order valence-electron chi connectivity index (χ3n) is 2.84. The Morgan fingerprint density at radius 1 is 1.18 bits per heavy atom. The lowest BCUT2D eigenvalue weighted by Gasteiger charge is -2.13. The average molecular weight is 345 g/mol. The van der Waals surface area contributed by atoms with Crippen molar-refractivity contribution >= 4 is 35.1 Å². The van der Waals surface area contributed by atoms with E-state index in [0.29, 0.717) is 22.5 Å². The Bertz CT molecular complexity index is 512. The van der Waals surface area contributed by atoms with Crippen LogP contribution in [0.5, 0.6) is 0 Å². The van der Waals surface area contributed by atoms with Crippen molar-refractivity contribution in [3.8, 4) is 0 Å². The fourth-order valence-corrected chi connectivity index (χ4v) is 2.28. The standard InChI is InChI=1S/C15H22Cl2N4O/c1-4-18-15(20-10-14(22)21(2)3)19-6-5-11-7-12(16)9-13(17)8-11/h7-9H,4-6,10H2,1-3H3,(H2,18,19,20). The molecule has 0 heterocycles. The maximum absolute atomic E-state index is 11.6. The second kappa shape index (κ2) is 9.54. The van der Waals surface area contributed by atoms with Crippen molar-refractivity contribution in [3.05, 3.63) is 33.8 Å². The third-order valence-corrected chi connectivity index (χ3v) is 3.28. The fraction of sp³-hybridized carbons (Fsp3) is 0.467. The van der Waals surface area contributed by atoms with Gasteiger partial charge in [-0.15, -0.1) is 0 Å². The molecular weight excluding hydrogens is 323 g/mol. The number of carbonyl (C=O) groups excluding carboxylic acids is 1. The number of rotatable bonds is 6. The summed E-state index contributed by atoms with van der Waals surface area (Å²) in [6.07, 6.45) is 0.756. The van der Waals surface area contributed by atoms with E-state index in [2.05, 4.69) is 15.6 Å². The van der Waals surface area contributed by atoms with Gasteiger partial charge < -0.3 is 15.5 Å². The van der Waals surface area contributed by atoms with Crippen LogP contribution in [0.3, 0.4) is 0 Å². The first-order valence-corrected chi connectivity index (χ1v) is 7.85. The van der Waals surface area contributed by atoms with Gasteiger partial charge in [0.25, 0.3) is 0 Å². The van der Waals surface area contributed by atoms with Crippen molar-refractivity contribution in [3.63, 3.8) is 0 Å². The van der Waals surface area contributed by atoms with E-state index in [9.17, 15) is 4.79 Å². The summed E-state index contributed by atoms with van der Waals surface area (Å²) in [4.78, 5) is 17.3. The average Bonchev–Trinajstić information content (AvgIpc) is 2.43. The van der Waals surface area contributed by atoms with Gasteiger partial charge in [0, 0.05) is 37.2 Å². The van der Waals surface area contributed by atoms with Crippen LogP contribution < -0.4 is 10.6 Å². The van der Waals surface area contributed by atoms with Crippen molar-refractivity contribution in [2.24, 2.45) is 4.99 Å². The number of nitrogens with one attached hydrogen (secondary N) is 2. The first-order valence-electron chi connectivity index (χ1n) is 7.09. The molecule has 0 unspecified atom stereocenters. The molecule has 1 aromatic rings. The van der Waals surface area contributed by atoms with E-state index >= 15 is 0 Å². The Kier molecular flexibility index (Phi) is 8.06. The van der Waals surface area contributed by atoms with Gasteiger partial charge >= 0.3 is 0 Å². The van der Waals surface area contributed by atoms with Crippen molar-refractivity contribution in [2.45, 2.75) is 13.3 Å². The monoisotopic (exact) mass is 344 g/mol. The molecule has 122 valence electrons. The Hall–Kier alpha value is -1.46. The van der Waals surface area contributed by atoms with Crippen LogP contribution in [0.2, 0.25) is 10.0 Å². The van der Waals surface area contributed by atoms with Crippen LogP contribution in [0.1, 0.15) is 12.5 Å². The normalized spacial score (nSPS) is 11.2. The number of amides is 1. The molecule has 1 rings (SSSR count). The summed E-state index contributed by atoms with van der Waals surface area (Å²) >= 11 is 11.9. The Labute approximate surface area is 141 Å². The number of likely N-dealkylation sites (N-methyl/N-ethyl adjacent to an activating group) is 1. The first kappa shape index (κ1) is 18.6. The third kappa shape index (κ3) is 7.00. The zero-order chi connectivity index (χ0) is 16.5. The van der Waals surface area contributed by atoms with Crippen LogP contribution in [0.25, 0.3) is 0 Å². The Balaban J connectivity index is 2.53. The second-order valence-corrected chi connectivity index (χ2v) is 5.81. The lowest BCUT2D eigenvalue weighted by atomic mass is 10.1. The molecule has 0 fully saturated rings. The molecule has 0 aliphatic rings. The minimum Gasteiger partial charge on any atom is -0.357 e. The Morgan fingerprint density at radius 3 is 2.36 bits per heavy atom. The minimum absolute atomic E-state index is 0.0428. The maximum Gasteiger partial charge on any atom is 0.243 e. The molecule has 0 atom stereocenters. The SMILES string of the molecule is CCNC(=NCC(=O)N(C)C)NCCc1cc(Cl)cc(Cl)c1. The smallest absolute Gasteiger partial charge is 0.243 e. The van der Waals surface area contributed by atoms with Crippen LogP contribution in [0, 0.1) is 0 Å². The van der Waals surface area contributed by atoms with Gasteiger partial charge in [0.2, 0.25) is 5.91 Å². The van der Waals surface area contributed by atoms with Gasteiger partial charge in [-0.1, -0.05) is 23.2 Å². The number of benzene rings is 1. The van der Waals surface area contributed by atoms with Gasteiger partial charge in [-0.3, -0.25) is 4.79 Å². The van der Waals surface area contributed by atoms with E-state index in [1.54, 1.807) is 20.2 Å². The number of hydrogen-bond acceptors (Lipinski definition) is 2. The molecule has 0 spiro atoms. The highest BCUT2D eigenvalue weighted by molar-refractivity contribution is 6.34. The highest BCUT2D eigenvalue weighted by Gasteiger charge is 2.04. The second-order valence-electron chi connectivity index (χ2n) is 4.94. The molecule has 0 saturated heterocycles. The van der Waals surface area contributed by atoms with Gasteiger partial charge in [-0.25, -0.2) is 4.99 Å². The molecule has 7 heteroatoms. The van der Waals surface area contributed by atoms with E-state index in [4.69, 9.17) is 23.2 Å². The molecule has 0 saturated carbocycles. The molecule has 0 bridgehead atoms. The summed E-state index contributed by atoms with van der Waals surface area (Å²) in [5.41, 5.74) is 1.05. The number of carbonyl (C=O) groups is 1. The largest absolute Gasteiger partial charge is 0.357 e. The zero-order valence-corrected chi connectivity index (χ0v) is 14.6. The first-order chi connectivity index (χ1) is 10.4. The van der Waals surface area contributed by atoms with E-state index in [0.717, 1.165) is 18.5 Å². The fourth-order valence-electron chi connectivity index (χ4n) is 1.71. The van der Waals surface area contributed by atoms with Gasteiger partial charge in [-0.05, 0) is 37.1 Å². The van der Waals surface area contributed by atoms with Gasteiger partial charge in [0.15, 0.2) is 5.96 Å². The minimum atomic E-state index is -0.0428. The quantitative estimate of drug-likeness (QED) is 0.614. The molecule has 5 nitrogen and oxygen atoms in total. The lowest BCUT2D eigenvalue weighted by Crippen LogP contribution is -2.39. The van der Waals surface area contributed by atoms with Gasteiger partial charge in [0.05, 0.1) is 0 Å². The van der Waals surface area contributed by atoms with E-state index < -0.39 is 0 Å². The highest BCUT2D eigenvalue weighted by Crippen LogP contribution is 2.19. The van der Waals surface area contributed by atoms with Gasteiger partial charge in [0.1, 0.15) is 6.54 Å². The molecule has 0 aliphatic carbocycles. The predicted molar refractivity (Wildman–Crippen MR) is 92.8 cm³/mol.